The molecule has 20 heavy (non-hydrogen) atoms. The molecule has 0 radical (unpaired) electrons. The fourth-order valence-corrected chi connectivity index (χ4v) is 2.09. The number of rotatable bonds is 5. The van der Waals surface area contributed by atoms with E-state index >= 15 is 0 Å². The van der Waals surface area contributed by atoms with Gasteiger partial charge < -0.3 is 15.8 Å². The molecule has 0 fully saturated rings. The van der Waals surface area contributed by atoms with E-state index in [0.29, 0.717) is 18.0 Å². The molecular formula is C15H16BrFN2O. The number of para-hydroxylation sites is 1. The standard InChI is InChI=1S/C15H16BrFN2O/c1-2-7-20-15-9-14(12(18)8-11(15)17)19-13-6-4-3-5-10(13)16/h3-6,8-9,19H,2,7,18H2,1H3. The number of halogens is 2. The van der Waals surface area contributed by atoms with Crippen LogP contribution in [0.2, 0.25) is 0 Å². The van der Waals surface area contributed by atoms with Gasteiger partial charge in [0.15, 0.2) is 11.6 Å². The molecule has 5 heteroatoms. The van der Waals surface area contributed by atoms with Crippen LogP contribution >= 0.6 is 15.9 Å². The Labute approximate surface area is 126 Å². The third kappa shape index (κ3) is 3.42. The van der Waals surface area contributed by atoms with Gasteiger partial charge in [0.05, 0.1) is 23.7 Å². The minimum absolute atomic E-state index is 0.204. The van der Waals surface area contributed by atoms with E-state index in [0.717, 1.165) is 16.6 Å². The van der Waals surface area contributed by atoms with Gasteiger partial charge in [-0.3, -0.25) is 0 Å². The zero-order valence-corrected chi connectivity index (χ0v) is 12.7. The molecule has 2 aromatic carbocycles. The van der Waals surface area contributed by atoms with E-state index in [-0.39, 0.29) is 5.75 Å². The molecule has 0 aromatic heterocycles. The van der Waals surface area contributed by atoms with Crippen LogP contribution in [0.1, 0.15) is 13.3 Å². The Bertz CT molecular complexity index is 604. The molecule has 0 atom stereocenters. The molecule has 0 spiro atoms. The summed E-state index contributed by atoms with van der Waals surface area (Å²) in [5.74, 6) is -0.246. The molecule has 0 unspecified atom stereocenters. The fourth-order valence-electron chi connectivity index (χ4n) is 1.71. The van der Waals surface area contributed by atoms with Gasteiger partial charge in [-0.1, -0.05) is 19.1 Å². The van der Waals surface area contributed by atoms with E-state index in [1.165, 1.54) is 6.07 Å². The van der Waals surface area contributed by atoms with Crippen molar-refractivity contribution in [2.45, 2.75) is 13.3 Å². The predicted molar refractivity (Wildman–Crippen MR) is 84.0 cm³/mol. The zero-order chi connectivity index (χ0) is 14.5. The third-order valence-electron chi connectivity index (χ3n) is 2.71. The second-order valence-electron chi connectivity index (χ2n) is 4.32. The van der Waals surface area contributed by atoms with Crippen LogP contribution in [0.3, 0.4) is 0 Å². The van der Waals surface area contributed by atoms with Crippen molar-refractivity contribution < 1.29 is 9.13 Å². The van der Waals surface area contributed by atoms with Crippen molar-refractivity contribution in [1.29, 1.82) is 0 Å². The molecule has 2 aromatic rings. The maximum atomic E-state index is 13.7. The molecule has 2 rings (SSSR count). The number of ether oxygens (including phenoxy) is 1. The molecule has 3 nitrogen and oxygen atoms in total. The van der Waals surface area contributed by atoms with Gasteiger partial charge in [-0.2, -0.15) is 0 Å². The molecule has 0 heterocycles. The molecule has 0 aliphatic carbocycles. The highest BCUT2D eigenvalue weighted by Gasteiger charge is 2.10. The largest absolute Gasteiger partial charge is 0.490 e. The highest BCUT2D eigenvalue weighted by atomic mass is 79.9. The molecule has 0 bridgehead atoms. The van der Waals surface area contributed by atoms with Gasteiger partial charge in [0.25, 0.3) is 0 Å². The first-order chi connectivity index (χ1) is 9.61. The topological polar surface area (TPSA) is 47.3 Å². The van der Waals surface area contributed by atoms with Gasteiger partial charge in [0, 0.05) is 16.6 Å². The summed E-state index contributed by atoms with van der Waals surface area (Å²) in [6.45, 7) is 2.44. The Morgan fingerprint density at radius 3 is 2.70 bits per heavy atom. The van der Waals surface area contributed by atoms with Gasteiger partial charge in [-0.15, -0.1) is 0 Å². The van der Waals surface area contributed by atoms with E-state index < -0.39 is 5.82 Å². The van der Waals surface area contributed by atoms with Crippen LogP contribution in [0.4, 0.5) is 21.5 Å². The summed E-state index contributed by atoms with van der Waals surface area (Å²) < 4.78 is 20.0. The minimum atomic E-state index is -0.450. The number of nitrogens with one attached hydrogen (secondary N) is 1. The number of anilines is 3. The summed E-state index contributed by atoms with van der Waals surface area (Å²) in [4.78, 5) is 0. The van der Waals surface area contributed by atoms with Crippen molar-refractivity contribution >= 4 is 33.0 Å². The van der Waals surface area contributed by atoms with E-state index in [9.17, 15) is 4.39 Å². The highest BCUT2D eigenvalue weighted by Crippen LogP contribution is 2.32. The van der Waals surface area contributed by atoms with Gasteiger partial charge in [0.2, 0.25) is 0 Å². The summed E-state index contributed by atoms with van der Waals surface area (Å²) in [5.41, 5.74) is 7.65. The summed E-state index contributed by atoms with van der Waals surface area (Å²) in [6, 6.07) is 10.5. The average Bonchev–Trinajstić information content (AvgIpc) is 2.43. The number of hydrogen-bond acceptors (Lipinski definition) is 3. The number of benzene rings is 2. The maximum Gasteiger partial charge on any atom is 0.167 e. The Morgan fingerprint density at radius 1 is 1.25 bits per heavy atom. The highest BCUT2D eigenvalue weighted by molar-refractivity contribution is 9.10. The second-order valence-corrected chi connectivity index (χ2v) is 5.18. The molecule has 106 valence electrons. The van der Waals surface area contributed by atoms with Crippen LogP contribution in [0.15, 0.2) is 40.9 Å². The van der Waals surface area contributed by atoms with Crippen molar-refractivity contribution in [1.82, 2.24) is 0 Å². The van der Waals surface area contributed by atoms with Gasteiger partial charge >= 0.3 is 0 Å². The maximum absolute atomic E-state index is 13.7. The van der Waals surface area contributed by atoms with Crippen molar-refractivity contribution in [2.75, 3.05) is 17.7 Å². The van der Waals surface area contributed by atoms with Crippen LogP contribution in [-0.2, 0) is 0 Å². The van der Waals surface area contributed by atoms with Crippen LogP contribution in [0.25, 0.3) is 0 Å². The molecule has 0 aliphatic rings. The van der Waals surface area contributed by atoms with E-state index in [1.54, 1.807) is 6.07 Å². The van der Waals surface area contributed by atoms with Crippen molar-refractivity contribution in [2.24, 2.45) is 0 Å². The smallest absolute Gasteiger partial charge is 0.167 e. The average molecular weight is 339 g/mol. The lowest BCUT2D eigenvalue weighted by molar-refractivity contribution is 0.301. The fraction of sp³-hybridized carbons (Fsp3) is 0.200. The van der Waals surface area contributed by atoms with Crippen LogP contribution in [0.5, 0.6) is 5.75 Å². The van der Waals surface area contributed by atoms with E-state index in [2.05, 4.69) is 21.2 Å². The minimum Gasteiger partial charge on any atom is -0.490 e. The number of nitrogen functional groups attached to an aromatic ring is 1. The monoisotopic (exact) mass is 338 g/mol. The Hall–Kier alpha value is -1.75. The second kappa shape index (κ2) is 6.61. The quantitative estimate of drug-likeness (QED) is 0.776. The lowest BCUT2D eigenvalue weighted by Crippen LogP contribution is -2.02. The lowest BCUT2D eigenvalue weighted by atomic mass is 10.2. The summed E-state index contributed by atoms with van der Waals surface area (Å²) in [6.07, 6.45) is 0.816. The van der Waals surface area contributed by atoms with Crippen LogP contribution in [0, 0.1) is 5.82 Å². The zero-order valence-electron chi connectivity index (χ0n) is 11.1. The molecule has 0 saturated heterocycles. The van der Waals surface area contributed by atoms with Gasteiger partial charge in [-0.05, 0) is 34.5 Å². The molecule has 0 amide bonds. The lowest BCUT2D eigenvalue weighted by Gasteiger charge is -2.14. The molecule has 0 saturated carbocycles. The Balaban J connectivity index is 2.29. The van der Waals surface area contributed by atoms with Gasteiger partial charge in [0.1, 0.15) is 0 Å². The first kappa shape index (κ1) is 14.7. The predicted octanol–water partition coefficient (Wildman–Crippen LogP) is 4.70. The third-order valence-corrected chi connectivity index (χ3v) is 3.40. The summed E-state index contributed by atoms with van der Waals surface area (Å²) >= 11 is 3.44. The Morgan fingerprint density at radius 2 is 2.00 bits per heavy atom. The first-order valence-corrected chi connectivity index (χ1v) is 7.14. The molecule has 0 aliphatic heterocycles. The van der Waals surface area contributed by atoms with Gasteiger partial charge in [-0.25, -0.2) is 4.39 Å². The summed E-state index contributed by atoms with van der Waals surface area (Å²) in [5, 5.41) is 3.17. The van der Waals surface area contributed by atoms with Crippen LogP contribution < -0.4 is 15.8 Å². The first-order valence-electron chi connectivity index (χ1n) is 6.35. The van der Waals surface area contributed by atoms with E-state index in [4.69, 9.17) is 10.5 Å². The SMILES string of the molecule is CCCOc1cc(Nc2ccccc2Br)c(N)cc1F. The normalized spacial score (nSPS) is 10.3. The molecule has 3 N–H and O–H groups in total. The molecular weight excluding hydrogens is 323 g/mol. The van der Waals surface area contributed by atoms with Crippen LogP contribution in [-0.4, -0.2) is 6.61 Å². The van der Waals surface area contributed by atoms with Crippen molar-refractivity contribution in [3.63, 3.8) is 0 Å². The summed E-state index contributed by atoms with van der Waals surface area (Å²) in [7, 11) is 0. The Kier molecular flexibility index (Phi) is 4.84. The number of nitrogens with two attached hydrogens (primary N) is 1. The number of hydrogen-bond donors (Lipinski definition) is 2. The van der Waals surface area contributed by atoms with Crippen molar-refractivity contribution in [3.05, 3.63) is 46.7 Å². The van der Waals surface area contributed by atoms with Crippen molar-refractivity contribution in [3.8, 4) is 5.75 Å². The van der Waals surface area contributed by atoms with E-state index in [1.807, 2.05) is 31.2 Å².